The Kier molecular flexibility index (Phi) is 7.56. The highest BCUT2D eigenvalue weighted by Crippen LogP contribution is 2.53. The van der Waals surface area contributed by atoms with Gasteiger partial charge in [0.05, 0.1) is 11.4 Å². The summed E-state index contributed by atoms with van der Waals surface area (Å²) in [6.45, 7) is 27.3. The topological polar surface area (TPSA) is 56.5 Å². The van der Waals surface area contributed by atoms with E-state index in [9.17, 15) is 0 Å². The van der Waals surface area contributed by atoms with Crippen LogP contribution in [-0.2, 0) is 10.8 Å². The van der Waals surface area contributed by atoms with Gasteiger partial charge in [0.2, 0.25) is 19.5 Å². The maximum Gasteiger partial charge on any atom is 0.257 e. The Morgan fingerprint density at radius 1 is 0.596 bits per heavy atom. The number of furan rings is 1. The van der Waals surface area contributed by atoms with Crippen molar-refractivity contribution >= 4 is 68.4 Å². The van der Waals surface area contributed by atoms with E-state index in [-0.39, 0.29) is 37.0 Å². The molecule has 0 radical (unpaired) electrons. The first kappa shape index (κ1) is 35.9. The highest BCUT2D eigenvalue weighted by molar-refractivity contribution is 7.01. The zero-order valence-electron chi connectivity index (χ0n) is 35.3. The number of hydrogen-bond donors (Lipinski definition) is 0. The highest BCUT2D eigenvalue weighted by Gasteiger charge is 2.48. The number of nitrogens with zero attached hydrogens (tertiary/aromatic N) is 2. The number of hydrogen-bond acceptors (Lipinski definition) is 7. The lowest BCUT2D eigenvalue weighted by atomic mass is 9.33. The fourth-order valence-electron chi connectivity index (χ4n) is 9.63. The van der Waals surface area contributed by atoms with E-state index in [1.165, 1.54) is 39.0 Å². The zero-order chi connectivity index (χ0) is 40.0. The molecule has 5 heterocycles. The maximum absolute atomic E-state index is 7.19. The van der Waals surface area contributed by atoms with Gasteiger partial charge in [-0.15, -0.1) is 0 Å². The van der Waals surface area contributed by atoms with Gasteiger partial charge in [0.15, 0.2) is 23.0 Å². The van der Waals surface area contributed by atoms with Gasteiger partial charge >= 0.3 is 0 Å². The zero-order valence-corrected chi connectivity index (χ0v) is 35.3. The van der Waals surface area contributed by atoms with Crippen molar-refractivity contribution in [2.75, 3.05) is 23.4 Å². The molecule has 290 valence electrons. The van der Waals surface area contributed by atoms with Crippen LogP contribution in [0.4, 0.5) is 34.3 Å². The Morgan fingerprint density at radius 2 is 1.21 bits per heavy atom. The summed E-state index contributed by atoms with van der Waals surface area (Å²) in [5.41, 5.74) is 18.3. The van der Waals surface area contributed by atoms with E-state index in [0.29, 0.717) is 0 Å². The molecule has 8 heteroatoms. The molecule has 0 amide bonds. The van der Waals surface area contributed by atoms with E-state index in [0.717, 1.165) is 84.7 Å². The third kappa shape index (κ3) is 5.18. The number of benzene rings is 5. The molecule has 0 spiro atoms. The fourth-order valence-corrected chi connectivity index (χ4v) is 9.63. The molecule has 7 nitrogen and oxygen atoms in total. The van der Waals surface area contributed by atoms with Crippen LogP contribution in [0.25, 0.3) is 11.0 Å². The third-order valence-corrected chi connectivity index (χ3v) is 12.6. The average Bonchev–Trinajstić information content (AvgIpc) is 3.89. The molecule has 5 aromatic carbocycles. The van der Waals surface area contributed by atoms with Crippen LogP contribution in [0.2, 0.25) is 0 Å². The summed E-state index contributed by atoms with van der Waals surface area (Å²) < 4.78 is 31.6. The lowest BCUT2D eigenvalue weighted by Crippen LogP contribution is -2.61. The lowest BCUT2D eigenvalue weighted by Gasteiger charge is -2.44. The fraction of sp³-hybridized carbons (Fsp3) is 0.347. The van der Waals surface area contributed by atoms with Crippen LogP contribution in [0, 0.1) is 27.7 Å². The van der Waals surface area contributed by atoms with Crippen LogP contribution in [0.15, 0.2) is 65.1 Å². The van der Waals surface area contributed by atoms with Crippen LogP contribution in [0.5, 0.6) is 23.0 Å². The second-order valence-electron chi connectivity index (χ2n) is 18.9. The van der Waals surface area contributed by atoms with Gasteiger partial charge in [0.25, 0.3) is 6.71 Å². The molecule has 6 aromatic rings. The molecule has 0 aliphatic carbocycles. The van der Waals surface area contributed by atoms with E-state index < -0.39 is 0 Å². The molecule has 0 saturated carbocycles. The van der Waals surface area contributed by atoms with Crippen LogP contribution >= 0.6 is 0 Å². The molecule has 0 unspecified atom stereocenters. The number of aryl methyl sites for hydroxylation is 3. The van der Waals surface area contributed by atoms with Crippen molar-refractivity contribution in [3.63, 3.8) is 0 Å². The average molecular weight is 759 g/mol. The summed E-state index contributed by atoms with van der Waals surface area (Å²) in [5, 5.41) is 1.12. The molecule has 1 aromatic heterocycles. The van der Waals surface area contributed by atoms with Gasteiger partial charge in [-0.05, 0) is 125 Å². The molecule has 0 saturated heterocycles. The summed E-state index contributed by atoms with van der Waals surface area (Å²) in [6.07, 6.45) is 0. The summed E-state index contributed by atoms with van der Waals surface area (Å²) in [4.78, 5) is 4.90. The Hall–Kier alpha value is -5.50. The number of anilines is 6. The normalized spacial score (nSPS) is 15.1. The molecule has 10 rings (SSSR count). The van der Waals surface area contributed by atoms with E-state index in [2.05, 4.69) is 154 Å². The first-order valence-electron chi connectivity index (χ1n) is 20.3. The van der Waals surface area contributed by atoms with Gasteiger partial charge in [0.1, 0.15) is 5.58 Å². The Balaban J connectivity index is 1.37. The van der Waals surface area contributed by atoms with Gasteiger partial charge < -0.3 is 28.3 Å². The van der Waals surface area contributed by atoms with Crippen LogP contribution in [0.1, 0.15) is 100 Å². The monoisotopic (exact) mass is 758 g/mol. The van der Waals surface area contributed by atoms with Crippen molar-refractivity contribution in [1.82, 2.24) is 0 Å². The molecular formula is C49H51BN2O5. The lowest BCUT2D eigenvalue weighted by molar-refractivity contribution is 0.173. The largest absolute Gasteiger partial charge is 0.454 e. The quantitative estimate of drug-likeness (QED) is 0.166. The number of ether oxygens (including phenoxy) is 4. The van der Waals surface area contributed by atoms with Crippen molar-refractivity contribution in [1.29, 1.82) is 0 Å². The predicted molar refractivity (Wildman–Crippen MR) is 233 cm³/mol. The van der Waals surface area contributed by atoms with Crippen LogP contribution < -0.4 is 45.1 Å². The SMILES string of the molecule is Cc1cc(C(C)(C)C)cc(C)c1N1c2cc3c(cc2B2c4c1cc(C(C)C)cc4N(c1c(C)cc4c(c1C)OCO4)c1oc4ccc(C(C)(C)C)cc4c12)OCO3. The molecule has 57 heavy (non-hydrogen) atoms. The second-order valence-corrected chi connectivity index (χ2v) is 18.9. The second kappa shape index (κ2) is 12.0. The summed E-state index contributed by atoms with van der Waals surface area (Å²) in [6, 6.07) is 22.9. The molecule has 0 atom stereocenters. The van der Waals surface area contributed by atoms with Gasteiger partial charge in [0, 0.05) is 39.5 Å². The summed E-state index contributed by atoms with van der Waals surface area (Å²) in [5.74, 6) is 4.17. The van der Waals surface area contributed by atoms with Gasteiger partial charge in [-0.2, -0.15) is 0 Å². The van der Waals surface area contributed by atoms with E-state index in [1.807, 2.05) is 0 Å². The third-order valence-electron chi connectivity index (χ3n) is 12.6. The van der Waals surface area contributed by atoms with E-state index in [1.54, 1.807) is 0 Å². The van der Waals surface area contributed by atoms with Crippen molar-refractivity contribution in [2.45, 2.75) is 99.8 Å². The summed E-state index contributed by atoms with van der Waals surface area (Å²) in [7, 11) is 0. The van der Waals surface area contributed by atoms with Crippen molar-refractivity contribution in [3.8, 4) is 23.0 Å². The first-order valence-corrected chi connectivity index (χ1v) is 20.3. The minimum Gasteiger partial charge on any atom is -0.454 e. The minimum absolute atomic E-state index is 0.00710. The smallest absolute Gasteiger partial charge is 0.257 e. The maximum atomic E-state index is 7.19. The Labute approximate surface area is 336 Å². The highest BCUT2D eigenvalue weighted by atomic mass is 16.7. The number of fused-ring (bicyclic) bond motifs is 8. The standard InChI is InChI=1S/C49H51BN2O5/c1-25(2)30-18-36-43-37(19-30)52(45-28(5)17-41-46(29(45)6)56-24-55-41)47-42(33-20-31(48(7,8)9)13-14-38(33)57-47)50(43)34-21-39-40(54-23-53-39)22-35(34)51(36)44-26(3)15-32(16-27(44)4)49(10,11)12/h13-22,25H,23-24H2,1-12H3. The van der Waals surface area contributed by atoms with Crippen LogP contribution in [0.3, 0.4) is 0 Å². The summed E-state index contributed by atoms with van der Waals surface area (Å²) >= 11 is 0. The molecular weight excluding hydrogens is 707 g/mol. The Morgan fingerprint density at radius 3 is 1.88 bits per heavy atom. The first-order chi connectivity index (χ1) is 27.0. The van der Waals surface area contributed by atoms with Gasteiger partial charge in [-0.25, -0.2) is 0 Å². The predicted octanol–water partition coefficient (Wildman–Crippen LogP) is 10.9. The minimum atomic E-state index is -0.163. The molecule has 4 aliphatic rings. The Bertz CT molecular complexity index is 2690. The molecule has 0 bridgehead atoms. The van der Waals surface area contributed by atoms with Crippen LogP contribution in [-0.4, -0.2) is 20.3 Å². The molecule has 4 aliphatic heterocycles. The van der Waals surface area contributed by atoms with Crippen molar-refractivity contribution in [2.24, 2.45) is 0 Å². The van der Waals surface area contributed by atoms with E-state index >= 15 is 0 Å². The van der Waals surface area contributed by atoms with Crippen molar-refractivity contribution < 1.29 is 23.4 Å². The molecule has 0 N–H and O–H groups in total. The van der Waals surface area contributed by atoms with E-state index in [4.69, 9.17) is 23.4 Å². The molecule has 0 fully saturated rings. The van der Waals surface area contributed by atoms with Gasteiger partial charge in [-0.3, -0.25) is 4.90 Å². The van der Waals surface area contributed by atoms with Gasteiger partial charge in [-0.1, -0.05) is 73.6 Å². The number of rotatable bonds is 3. The van der Waals surface area contributed by atoms with Crippen molar-refractivity contribution in [3.05, 3.63) is 99.6 Å².